The summed E-state index contributed by atoms with van der Waals surface area (Å²) in [5.74, 6) is -1.61. The van der Waals surface area contributed by atoms with Crippen molar-refractivity contribution in [1.82, 2.24) is 5.32 Å². The van der Waals surface area contributed by atoms with Crippen LogP contribution in [0.4, 0.5) is 4.39 Å². The van der Waals surface area contributed by atoms with E-state index in [2.05, 4.69) is 21.2 Å². The molecule has 3 N–H and O–H groups in total. The maximum atomic E-state index is 13.4. The maximum absolute atomic E-state index is 13.4. The van der Waals surface area contributed by atoms with Crippen LogP contribution in [-0.4, -0.2) is 17.9 Å². The fourth-order valence-corrected chi connectivity index (χ4v) is 2.61. The number of hydrogen-bond acceptors (Lipinski definition) is 2. The molecule has 1 aromatic rings. The van der Waals surface area contributed by atoms with Gasteiger partial charge in [-0.05, 0) is 47.0 Å². The summed E-state index contributed by atoms with van der Waals surface area (Å²) in [6.45, 7) is 0. The van der Waals surface area contributed by atoms with Gasteiger partial charge in [-0.2, -0.15) is 0 Å². The zero-order valence-electron chi connectivity index (χ0n) is 10.2. The minimum absolute atomic E-state index is 0.232. The monoisotopic (exact) mass is 328 g/mol. The molecule has 0 heterocycles. The predicted octanol–water partition coefficient (Wildman–Crippen LogP) is 1.97. The summed E-state index contributed by atoms with van der Waals surface area (Å²) >= 11 is 3.03. The van der Waals surface area contributed by atoms with Gasteiger partial charge in [-0.25, -0.2) is 4.39 Å². The lowest BCUT2D eigenvalue weighted by atomic mass is 10.0. The fraction of sp³-hybridized carbons (Fsp3) is 0.385. The van der Waals surface area contributed by atoms with Gasteiger partial charge in [0.05, 0.1) is 10.4 Å². The van der Waals surface area contributed by atoms with Gasteiger partial charge in [0.2, 0.25) is 5.91 Å². The van der Waals surface area contributed by atoms with E-state index in [1.165, 1.54) is 12.1 Å². The van der Waals surface area contributed by atoms with Crippen LogP contribution < -0.4 is 11.1 Å². The van der Waals surface area contributed by atoms with Crippen LogP contribution in [0.3, 0.4) is 0 Å². The van der Waals surface area contributed by atoms with E-state index in [0.29, 0.717) is 10.9 Å². The Hall–Kier alpha value is -1.43. The van der Waals surface area contributed by atoms with E-state index in [-0.39, 0.29) is 23.4 Å². The molecule has 1 fully saturated rings. The summed E-state index contributed by atoms with van der Waals surface area (Å²) in [4.78, 5) is 23.2. The summed E-state index contributed by atoms with van der Waals surface area (Å²) < 4.78 is 13.7. The van der Waals surface area contributed by atoms with Gasteiger partial charge >= 0.3 is 0 Å². The third-order valence-electron chi connectivity index (χ3n) is 3.38. The highest BCUT2D eigenvalue weighted by Gasteiger charge is 2.32. The van der Waals surface area contributed by atoms with Crippen molar-refractivity contribution in [1.29, 1.82) is 0 Å². The number of amides is 2. The van der Waals surface area contributed by atoms with Crippen molar-refractivity contribution in [3.8, 4) is 0 Å². The van der Waals surface area contributed by atoms with Crippen LogP contribution in [0.2, 0.25) is 0 Å². The van der Waals surface area contributed by atoms with E-state index in [4.69, 9.17) is 5.73 Å². The van der Waals surface area contributed by atoms with Gasteiger partial charge in [0.25, 0.3) is 5.91 Å². The van der Waals surface area contributed by atoms with Crippen molar-refractivity contribution in [3.63, 3.8) is 0 Å². The van der Waals surface area contributed by atoms with E-state index >= 15 is 0 Å². The topological polar surface area (TPSA) is 72.2 Å². The maximum Gasteiger partial charge on any atom is 0.251 e. The van der Waals surface area contributed by atoms with Crippen molar-refractivity contribution < 1.29 is 14.0 Å². The Morgan fingerprint density at radius 2 is 2.11 bits per heavy atom. The molecule has 2 unspecified atom stereocenters. The molecule has 0 aromatic heterocycles. The molecule has 2 atom stereocenters. The Morgan fingerprint density at radius 3 is 2.74 bits per heavy atom. The summed E-state index contributed by atoms with van der Waals surface area (Å²) in [5.41, 5.74) is 5.52. The van der Waals surface area contributed by atoms with Crippen molar-refractivity contribution in [2.75, 3.05) is 0 Å². The molecule has 19 heavy (non-hydrogen) atoms. The van der Waals surface area contributed by atoms with E-state index in [0.717, 1.165) is 18.9 Å². The molecule has 0 spiro atoms. The van der Waals surface area contributed by atoms with Gasteiger partial charge < -0.3 is 11.1 Å². The highest BCUT2D eigenvalue weighted by molar-refractivity contribution is 9.10. The molecular formula is C13H14BrFN2O2. The quantitative estimate of drug-likeness (QED) is 0.890. The fourth-order valence-electron chi connectivity index (χ4n) is 2.36. The molecule has 0 aliphatic heterocycles. The van der Waals surface area contributed by atoms with Crippen LogP contribution in [0, 0.1) is 11.7 Å². The molecular weight excluding hydrogens is 315 g/mol. The highest BCUT2D eigenvalue weighted by Crippen LogP contribution is 2.25. The van der Waals surface area contributed by atoms with Crippen LogP contribution in [0.25, 0.3) is 0 Å². The number of benzene rings is 1. The first-order chi connectivity index (χ1) is 8.99. The van der Waals surface area contributed by atoms with Crippen molar-refractivity contribution in [2.45, 2.75) is 25.3 Å². The molecule has 0 saturated heterocycles. The van der Waals surface area contributed by atoms with Crippen LogP contribution in [-0.2, 0) is 4.79 Å². The van der Waals surface area contributed by atoms with Crippen LogP contribution in [0.5, 0.6) is 0 Å². The summed E-state index contributed by atoms with van der Waals surface area (Å²) in [6.07, 6.45) is 2.26. The van der Waals surface area contributed by atoms with Gasteiger partial charge in [0.1, 0.15) is 5.82 Å². The summed E-state index contributed by atoms with van der Waals surface area (Å²) in [7, 11) is 0. The van der Waals surface area contributed by atoms with E-state index < -0.39 is 11.7 Å². The van der Waals surface area contributed by atoms with Crippen molar-refractivity contribution in [2.24, 2.45) is 11.7 Å². The average molecular weight is 329 g/mol. The minimum Gasteiger partial charge on any atom is -0.369 e. The van der Waals surface area contributed by atoms with E-state index in [9.17, 15) is 14.0 Å². The van der Waals surface area contributed by atoms with E-state index in [1.807, 2.05) is 0 Å². The molecule has 4 nitrogen and oxygen atoms in total. The van der Waals surface area contributed by atoms with Gasteiger partial charge in [-0.15, -0.1) is 0 Å². The SMILES string of the molecule is NC(=O)C1CCCC1NC(=O)c1ccc(Br)c(F)c1. The molecule has 2 amide bonds. The molecule has 0 bridgehead atoms. The Morgan fingerprint density at radius 1 is 1.37 bits per heavy atom. The molecule has 6 heteroatoms. The molecule has 102 valence electrons. The molecule has 1 saturated carbocycles. The number of carbonyl (C=O) groups excluding carboxylic acids is 2. The van der Waals surface area contributed by atoms with Gasteiger partial charge in [-0.3, -0.25) is 9.59 Å². The molecule has 0 radical (unpaired) electrons. The number of rotatable bonds is 3. The molecule has 2 rings (SSSR count). The van der Waals surface area contributed by atoms with Crippen LogP contribution in [0.1, 0.15) is 29.6 Å². The first-order valence-corrected chi connectivity index (χ1v) is 6.83. The zero-order valence-corrected chi connectivity index (χ0v) is 11.7. The number of carbonyl (C=O) groups is 2. The van der Waals surface area contributed by atoms with Gasteiger partial charge in [0.15, 0.2) is 0 Å². The number of hydrogen-bond donors (Lipinski definition) is 2. The Kier molecular flexibility index (Phi) is 4.19. The second-order valence-electron chi connectivity index (χ2n) is 4.65. The first kappa shape index (κ1) is 14.0. The van der Waals surface area contributed by atoms with Gasteiger partial charge in [-0.1, -0.05) is 6.42 Å². The number of nitrogens with two attached hydrogens (primary N) is 1. The lowest BCUT2D eigenvalue weighted by Gasteiger charge is -2.18. The molecule has 1 aliphatic rings. The van der Waals surface area contributed by atoms with Crippen molar-refractivity contribution in [3.05, 3.63) is 34.1 Å². The first-order valence-electron chi connectivity index (χ1n) is 6.04. The normalized spacial score (nSPS) is 22.2. The molecule has 1 aromatic carbocycles. The standard InChI is InChI=1S/C13H14BrFN2O2/c14-9-5-4-7(6-10(9)15)13(19)17-11-3-1-2-8(11)12(16)18/h4-6,8,11H,1-3H2,(H2,16,18)(H,17,19). The van der Waals surface area contributed by atoms with Crippen LogP contribution >= 0.6 is 15.9 Å². The Labute approximate surface area is 118 Å². The minimum atomic E-state index is -0.495. The van der Waals surface area contributed by atoms with Gasteiger partial charge in [0, 0.05) is 11.6 Å². The zero-order chi connectivity index (χ0) is 14.0. The average Bonchev–Trinajstić information content (AvgIpc) is 2.80. The largest absolute Gasteiger partial charge is 0.369 e. The second-order valence-corrected chi connectivity index (χ2v) is 5.50. The molecule has 1 aliphatic carbocycles. The van der Waals surface area contributed by atoms with Crippen LogP contribution in [0.15, 0.2) is 22.7 Å². The number of halogens is 2. The summed E-state index contributed by atoms with van der Waals surface area (Å²) in [5, 5.41) is 2.75. The van der Waals surface area contributed by atoms with Crippen molar-refractivity contribution >= 4 is 27.7 Å². The smallest absolute Gasteiger partial charge is 0.251 e. The number of primary amides is 1. The lowest BCUT2D eigenvalue weighted by Crippen LogP contribution is -2.42. The summed E-state index contributed by atoms with van der Waals surface area (Å²) in [6, 6.07) is 3.91. The second kappa shape index (κ2) is 5.69. The number of nitrogens with one attached hydrogen (secondary N) is 1. The Balaban J connectivity index is 2.08. The lowest BCUT2D eigenvalue weighted by molar-refractivity contribution is -0.122. The third-order valence-corrected chi connectivity index (χ3v) is 4.02. The highest BCUT2D eigenvalue weighted by atomic mass is 79.9. The Bertz CT molecular complexity index is 521. The third kappa shape index (κ3) is 3.12. The van der Waals surface area contributed by atoms with E-state index in [1.54, 1.807) is 0 Å². The predicted molar refractivity (Wildman–Crippen MR) is 71.9 cm³/mol.